The van der Waals surface area contributed by atoms with Crippen molar-refractivity contribution < 1.29 is 22.7 Å². The fourth-order valence-electron chi connectivity index (χ4n) is 2.13. The number of carbonyl (C=O) groups excluding carboxylic acids is 1. The Kier molecular flexibility index (Phi) is 5.56. The number of carbonyl (C=O) groups is 1. The first-order valence-corrected chi connectivity index (χ1v) is 7.67. The third-order valence-corrected chi connectivity index (χ3v) is 3.38. The second-order valence-electron chi connectivity index (χ2n) is 5.51. The van der Waals surface area contributed by atoms with Crippen LogP contribution < -0.4 is 10.1 Å². The number of halogens is 4. The highest BCUT2D eigenvalue weighted by Gasteiger charge is 2.40. The Morgan fingerprint density at radius 1 is 1.40 bits per heavy atom. The minimum absolute atomic E-state index is 0.0497. The molecule has 10 heteroatoms. The summed E-state index contributed by atoms with van der Waals surface area (Å²) in [6.45, 7) is 3.59. The lowest BCUT2D eigenvalue weighted by Crippen LogP contribution is -2.27. The smallest absolute Gasteiger partial charge is 0.435 e. The second kappa shape index (κ2) is 7.30. The molecule has 25 heavy (non-hydrogen) atoms. The number of aryl methyl sites for hydroxylation is 1. The predicted molar refractivity (Wildman–Crippen MR) is 84.4 cm³/mol. The van der Waals surface area contributed by atoms with E-state index in [4.69, 9.17) is 16.3 Å². The first-order chi connectivity index (χ1) is 11.6. The van der Waals surface area contributed by atoms with Crippen LogP contribution in [0.4, 0.5) is 13.2 Å². The maximum absolute atomic E-state index is 13.0. The van der Waals surface area contributed by atoms with Gasteiger partial charge in [-0.2, -0.15) is 13.2 Å². The lowest BCUT2D eigenvalue weighted by atomic mass is 10.2. The van der Waals surface area contributed by atoms with Crippen molar-refractivity contribution in [1.29, 1.82) is 0 Å². The van der Waals surface area contributed by atoms with Crippen LogP contribution in [0, 0.1) is 0 Å². The van der Waals surface area contributed by atoms with Crippen molar-refractivity contribution in [3.8, 4) is 5.75 Å². The summed E-state index contributed by atoms with van der Waals surface area (Å²) < 4.78 is 45.1. The van der Waals surface area contributed by atoms with Gasteiger partial charge < -0.3 is 10.1 Å². The van der Waals surface area contributed by atoms with Crippen LogP contribution in [0.15, 0.2) is 18.2 Å². The average molecular weight is 377 g/mol. The van der Waals surface area contributed by atoms with Gasteiger partial charge in [-0.25, -0.2) is 4.68 Å². The summed E-state index contributed by atoms with van der Waals surface area (Å²) in [7, 11) is 1.07. The van der Waals surface area contributed by atoms with Gasteiger partial charge in [0.2, 0.25) is 0 Å². The maximum atomic E-state index is 13.0. The number of nitrogens with zero attached hydrogens (tertiary/aromatic N) is 3. The lowest BCUT2D eigenvalue weighted by Gasteiger charge is -2.15. The van der Waals surface area contributed by atoms with Crippen LogP contribution in [0.5, 0.6) is 5.75 Å². The molecule has 0 atom stereocenters. The standard InChI is InChI=1S/C15H16ClF3N4O2/c1-8(2)25-11-6-10(16)5-4-9(11)7-20-14(24)12-13(15(17,18)19)23(3)22-21-12/h4-6,8H,7H2,1-3H3,(H,20,24). The summed E-state index contributed by atoms with van der Waals surface area (Å²) in [5.41, 5.74) is -1.42. The van der Waals surface area contributed by atoms with E-state index in [1.165, 1.54) is 0 Å². The molecule has 1 aromatic heterocycles. The molecule has 1 aromatic carbocycles. The Balaban J connectivity index is 2.19. The van der Waals surface area contributed by atoms with Crippen molar-refractivity contribution in [2.75, 3.05) is 0 Å². The van der Waals surface area contributed by atoms with Crippen molar-refractivity contribution in [3.05, 3.63) is 40.2 Å². The van der Waals surface area contributed by atoms with Crippen LogP contribution in [-0.2, 0) is 19.8 Å². The van der Waals surface area contributed by atoms with Crippen molar-refractivity contribution in [2.24, 2.45) is 7.05 Å². The molecule has 2 rings (SSSR count). The molecule has 0 radical (unpaired) electrons. The van der Waals surface area contributed by atoms with Gasteiger partial charge in [-0.15, -0.1) is 5.10 Å². The molecule has 136 valence electrons. The van der Waals surface area contributed by atoms with Crippen molar-refractivity contribution in [2.45, 2.75) is 32.7 Å². The monoisotopic (exact) mass is 376 g/mol. The zero-order valence-corrected chi connectivity index (χ0v) is 14.4. The van der Waals surface area contributed by atoms with E-state index in [0.717, 1.165) is 7.05 Å². The van der Waals surface area contributed by atoms with E-state index in [1.807, 2.05) is 13.8 Å². The number of aromatic nitrogens is 3. The first kappa shape index (κ1) is 19.0. The van der Waals surface area contributed by atoms with Gasteiger partial charge >= 0.3 is 6.18 Å². The van der Waals surface area contributed by atoms with E-state index in [-0.39, 0.29) is 12.6 Å². The highest BCUT2D eigenvalue weighted by atomic mass is 35.5. The summed E-state index contributed by atoms with van der Waals surface area (Å²) in [5.74, 6) is -0.538. The molecule has 0 unspecified atom stereocenters. The molecule has 0 aliphatic heterocycles. The van der Waals surface area contributed by atoms with Crippen molar-refractivity contribution in [3.63, 3.8) is 0 Å². The van der Waals surface area contributed by atoms with Crippen molar-refractivity contribution in [1.82, 2.24) is 20.3 Å². The number of ether oxygens (including phenoxy) is 1. The van der Waals surface area contributed by atoms with Gasteiger partial charge in [0.1, 0.15) is 5.75 Å². The molecule has 0 saturated carbocycles. The SMILES string of the molecule is CC(C)Oc1cc(Cl)ccc1CNC(=O)c1nnn(C)c1C(F)(F)F. The lowest BCUT2D eigenvalue weighted by molar-refractivity contribution is -0.144. The Hall–Kier alpha value is -2.29. The van der Waals surface area contributed by atoms with E-state index in [9.17, 15) is 18.0 Å². The van der Waals surface area contributed by atoms with E-state index in [0.29, 0.717) is 21.0 Å². The molecule has 1 heterocycles. The molecular formula is C15H16ClF3N4O2. The average Bonchev–Trinajstić information content (AvgIpc) is 2.87. The molecular weight excluding hydrogens is 361 g/mol. The number of benzene rings is 1. The quantitative estimate of drug-likeness (QED) is 0.870. The molecule has 0 bridgehead atoms. The third-order valence-electron chi connectivity index (χ3n) is 3.14. The van der Waals surface area contributed by atoms with Crippen LogP contribution in [0.25, 0.3) is 0 Å². The molecule has 0 spiro atoms. The van der Waals surface area contributed by atoms with Gasteiger partial charge in [0.15, 0.2) is 11.4 Å². The molecule has 2 aromatic rings. The van der Waals surface area contributed by atoms with Gasteiger partial charge in [0.05, 0.1) is 6.10 Å². The molecule has 0 aliphatic carbocycles. The fraction of sp³-hybridized carbons (Fsp3) is 0.400. The number of alkyl halides is 3. The van der Waals surface area contributed by atoms with Crippen LogP contribution in [-0.4, -0.2) is 27.0 Å². The zero-order valence-electron chi connectivity index (χ0n) is 13.7. The minimum atomic E-state index is -4.74. The number of hydrogen-bond donors (Lipinski definition) is 1. The normalized spacial score (nSPS) is 11.7. The van der Waals surface area contributed by atoms with Crippen LogP contribution in [0.2, 0.25) is 5.02 Å². The Morgan fingerprint density at radius 3 is 2.68 bits per heavy atom. The van der Waals surface area contributed by atoms with Gasteiger partial charge in [-0.1, -0.05) is 22.9 Å². The van der Waals surface area contributed by atoms with Crippen molar-refractivity contribution >= 4 is 17.5 Å². The van der Waals surface area contributed by atoms with E-state index in [2.05, 4.69) is 15.6 Å². The summed E-state index contributed by atoms with van der Waals surface area (Å²) in [6.07, 6.45) is -4.87. The molecule has 0 saturated heterocycles. The highest BCUT2D eigenvalue weighted by Crippen LogP contribution is 2.30. The Labute approximate surface area is 146 Å². The first-order valence-electron chi connectivity index (χ1n) is 7.29. The summed E-state index contributed by atoms with van der Waals surface area (Å²) >= 11 is 5.92. The molecule has 1 N–H and O–H groups in total. The summed E-state index contributed by atoms with van der Waals surface area (Å²) in [5, 5.41) is 9.42. The predicted octanol–water partition coefficient (Wildman–Crippen LogP) is 3.20. The third kappa shape index (κ3) is 4.62. The largest absolute Gasteiger partial charge is 0.491 e. The van der Waals surface area contributed by atoms with E-state index in [1.54, 1.807) is 18.2 Å². The number of hydrogen-bond acceptors (Lipinski definition) is 4. The number of amides is 1. The highest BCUT2D eigenvalue weighted by molar-refractivity contribution is 6.30. The topological polar surface area (TPSA) is 69.0 Å². The molecule has 6 nitrogen and oxygen atoms in total. The Morgan fingerprint density at radius 2 is 2.08 bits per heavy atom. The molecule has 0 fully saturated rings. The summed E-state index contributed by atoms with van der Waals surface area (Å²) in [6, 6.07) is 4.80. The fourth-order valence-corrected chi connectivity index (χ4v) is 2.29. The Bertz CT molecular complexity index is 775. The van der Waals surface area contributed by atoms with E-state index >= 15 is 0 Å². The van der Waals surface area contributed by atoms with Gasteiger partial charge in [0.25, 0.3) is 5.91 Å². The summed E-state index contributed by atoms with van der Waals surface area (Å²) in [4.78, 5) is 12.1. The van der Waals surface area contributed by atoms with Gasteiger partial charge in [-0.05, 0) is 26.0 Å². The van der Waals surface area contributed by atoms with Crippen LogP contribution in [0.3, 0.4) is 0 Å². The van der Waals surface area contributed by atoms with Crippen LogP contribution >= 0.6 is 11.6 Å². The number of rotatable bonds is 5. The van der Waals surface area contributed by atoms with Crippen LogP contribution in [0.1, 0.15) is 35.6 Å². The zero-order chi connectivity index (χ0) is 18.8. The van der Waals surface area contributed by atoms with Gasteiger partial charge in [-0.3, -0.25) is 4.79 Å². The maximum Gasteiger partial charge on any atom is 0.435 e. The molecule has 1 amide bonds. The second-order valence-corrected chi connectivity index (χ2v) is 5.95. The van der Waals surface area contributed by atoms with Gasteiger partial charge in [0, 0.05) is 24.2 Å². The number of nitrogens with one attached hydrogen (secondary N) is 1. The minimum Gasteiger partial charge on any atom is -0.491 e. The van der Waals surface area contributed by atoms with E-state index < -0.39 is 23.5 Å². The molecule has 0 aliphatic rings.